The summed E-state index contributed by atoms with van der Waals surface area (Å²) >= 11 is 3.42. The second-order valence-corrected chi connectivity index (χ2v) is 7.16. The third-order valence-electron chi connectivity index (χ3n) is 3.97. The van der Waals surface area contributed by atoms with E-state index in [0.29, 0.717) is 23.3 Å². The Kier molecular flexibility index (Phi) is 5.06. The molecule has 4 N–H and O–H groups in total. The molecule has 6 nitrogen and oxygen atoms in total. The molecule has 0 bridgehead atoms. The van der Waals surface area contributed by atoms with Gasteiger partial charge in [-0.2, -0.15) is 0 Å². The second kappa shape index (κ2) is 7.25. The maximum absolute atomic E-state index is 12.3. The number of H-pyrrole nitrogens is 2. The lowest BCUT2D eigenvalue weighted by Crippen LogP contribution is -3.08. The van der Waals surface area contributed by atoms with E-state index in [1.54, 1.807) is 12.1 Å². The van der Waals surface area contributed by atoms with Gasteiger partial charge in [0.1, 0.15) is 6.54 Å². The molecule has 1 aromatic heterocycles. The molecule has 0 aliphatic heterocycles. The number of aromatic amines is 2. The van der Waals surface area contributed by atoms with Crippen molar-refractivity contribution in [1.82, 2.24) is 9.97 Å². The fraction of sp³-hybridized carbons (Fsp3) is 0.222. The quantitative estimate of drug-likeness (QED) is 0.521. The number of likely N-dealkylation sites (N-methyl/N-ethyl adjacent to an activating group) is 1. The topological polar surface area (TPSA) is 82.2 Å². The van der Waals surface area contributed by atoms with Crippen LogP contribution in [-0.4, -0.2) is 29.5 Å². The summed E-state index contributed by atoms with van der Waals surface area (Å²) in [7, 11) is 1.99. The Bertz CT molecular complexity index is 959. The van der Waals surface area contributed by atoms with Gasteiger partial charge in [0.25, 0.3) is 5.91 Å². The van der Waals surface area contributed by atoms with Crippen LogP contribution in [0.3, 0.4) is 0 Å². The van der Waals surface area contributed by atoms with Crippen LogP contribution >= 0.6 is 15.9 Å². The molecule has 3 rings (SSSR count). The fourth-order valence-corrected chi connectivity index (χ4v) is 3.18. The van der Waals surface area contributed by atoms with Crippen LogP contribution in [0.4, 0.5) is 5.69 Å². The molecule has 0 spiro atoms. The number of carbonyl (C=O) groups excluding carboxylic acids is 1. The van der Waals surface area contributed by atoms with Crippen molar-refractivity contribution in [2.24, 2.45) is 0 Å². The molecule has 2 aromatic carbocycles. The van der Waals surface area contributed by atoms with Gasteiger partial charge in [0.2, 0.25) is 0 Å². The summed E-state index contributed by atoms with van der Waals surface area (Å²) in [5.74, 6) is -0.0810. The number of aromatic nitrogens is 2. The fourth-order valence-electron chi connectivity index (χ4n) is 2.74. The van der Waals surface area contributed by atoms with Crippen LogP contribution in [0, 0.1) is 6.92 Å². The molecule has 1 atom stereocenters. The first kappa shape index (κ1) is 17.4. The van der Waals surface area contributed by atoms with Gasteiger partial charge >= 0.3 is 5.69 Å². The van der Waals surface area contributed by atoms with Crippen molar-refractivity contribution < 1.29 is 9.69 Å². The Morgan fingerprint density at radius 1 is 1.16 bits per heavy atom. The van der Waals surface area contributed by atoms with E-state index in [-0.39, 0.29) is 11.6 Å². The lowest BCUT2D eigenvalue weighted by atomic mass is 10.1. The zero-order chi connectivity index (χ0) is 18.0. The number of amides is 1. The van der Waals surface area contributed by atoms with Crippen LogP contribution in [0.15, 0.2) is 45.7 Å². The highest BCUT2D eigenvalue weighted by Gasteiger charge is 2.13. The molecule has 0 aliphatic carbocycles. The molecule has 1 unspecified atom stereocenters. The predicted octanol–water partition coefficient (Wildman–Crippen LogP) is 1.58. The largest absolute Gasteiger partial charge is 0.326 e. The van der Waals surface area contributed by atoms with Crippen molar-refractivity contribution in [1.29, 1.82) is 0 Å². The van der Waals surface area contributed by atoms with Gasteiger partial charge in [-0.1, -0.05) is 29.8 Å². The van der Waals surface area contributed by atoms with Gasteiger partial charge in [-0.15, -0.1) is 0 Å². The average Bonchev–Trinajstić information content (AvgIpc) is 2.88. The van der Waals surface area contributed by atoms with Crippen molar-refractivity contribution in [2.45, 2.75) is 13.5 Å². The van der Waals surface area contributed by atoms with Gasteiger partial charge in [-0.3, -0.25) is 4.79 Å². The van der Waals surface area contributed by atoms with Crippen molar-refractivity contribution in [3.05, 3.63) is 62.5 Å². The van der Waals surface area contributed by atoms with Gasteiger partial charge in [-0.25, -0.2) is 4.79 Å². The van der Waals surface area contributed by atoms with E-state index in [0.717, 1.165) is 15.9 Å². The Hall–Kier alpha value is -2.38. The van der Waals surface area contributed by atoms with E-state index in [2.05, 4.69) is 62.4 Å². The van der Waals surface area contributed by atoms with Crippen LogP contribution in [0.2, 0.25) is 0 Å². The molecule has 1 amide bonds. The van der Waals surface area contributed by atoms with E-state index >= 15 is 0 Å². The van der Waals surface area contributed by atoms with Crippen molar-refractivity contribution >= 4 is 38.6 Å². The lowest BCUT2D eigenvalue weighted by molar-refractivity contribution is -0.885. The van der Waals surface area contributed by atoms with E-state index in [1.807, 2.05) is 7.05 Å². The minimum atomic E-state index is -0.271. The first-order chi connectivity index (χ1) is 11.9. The molecule has 0 fully saturated rings. The SMILES string of the molecule is Cc1ccc(C[NH+](C)CC(=O)Nc2cc3[nH]c(=O)[nH]c3cc2Br)cc1. The van der Waals surface area contributed by atoms with Gasteiger partial charge in [0.15, 0.2) is 6.54 Å². The molecule has 0 radical (unpaired) electrons. The molecule has 0 saturated heterocycles. The number of hydrogen-bond acceptors (Lipinski definition) is 2. The van der Waals surface area contributed by atoms with Gasteiger partial charge in [-0.05, 0) is 35.0 Å². The summed E-state index contributed by atoms with van der Waals surface area (Å²) in [6.45, 7) is 3.18. The highest BCUT2D eigenvalue weighted by atomic mass is 79.9. The van der Waals surface area contributed by atoms with Gasteiger partial charge < -0.3 is 20.2 Å². The zero-order valence-corrected chi connectivity index (χ0v) is 15.7. The Morgan fingerprint density at radius 2 is 1.80 bits per heavy atom. The first-order valence-electron chi connectivity index (χ1n) is 7.99. The molecule has 0 aliphatic rings. The standard InChI is InChI=1S/C18H19BrN4O2/c1-11-3-5-12(6-4-11)9-23(2)10-17(24)20-14-8-16-15(7-13(14)19)21-18(25)22-16/h3-8H,9-10H2,1-2H3,(H,20,24)(H2,21,22,25)/p+1. The van der Waals surface area contributed by atoms with Crippen molar-refractivity contribution in [3.8, 4) is 0 Å². The number of anilines is 1. The number of imidazole rings is 1. The summed E-state index contributed by atoms with van der Waals surface area (Å²) in [5, 5.41) is 2.89. The number of quaternary nitrogens is 1. The number of nitrogens with one attached hydrogen (secondary N) is 4. The van der Waals surface area contributed by atoms with Gasteiger partial charge in [0.05, 0.1) is 23.8 Å². The summed E-state index contributed by atoms with van der Waals surface area (Å²) < 4.78 is 0.722. The summed E-state index contributed by atoms with van der Waals surface area (Å²) in [4.78, 5) is 30.2. The number of rotatable bonds is 5. The molecule has 3 aromatic rings. The van der Waals surface area contributed by atoms with Crippen LogP contribution in [-0.2, 0) is 11.3 Å². The van der Waals surface area contributed by atoms with Crippen LogP contribution in [0.1, 0.15) is 11.1 Å². The minimum absolute atomic E-state index is 0.0810. The predicted molar refractivity (Wildman–Crippen MR) is 102 cm³/mol. The highest BCUT2D eigenvalue weighted by Crippen LogP contribution is 2.26. The monoisotopic (exact) mass is 403 g/mol. The molecule has 25 heavy (non-hydrogen) atoms. The maximum atomic E-state index is 12.3. The maximum Gasteiger partial charge on any atom is 0.323 e. The number of benzene rings is 2. The molecule has 130 valence electrons. The number of hydrogen-bond donors (Lipinski definition) is 4. The smallest absolute Gasteiger partial charge is 0.323 e. The van der Waals surface area contributed by atoms with Crippen LogP contribution < -0.4 is 15.9 Å². The summed E-state index contributed by atoms with van der Waals surface area (Å²) in [6, 6.07) is 11.8. The van der Waals surface area contributed by atoms with Crippen LogP contribution in [0.25, 0.3) is 11.0 Å². The first-order valence-corrected chi connectivity index (χ1v) is 8.78. The number of carbonyl (C=O) groups is 1. The van der Waals surface area contributed by atoms with E-state index in [4.69, 9.17) is 0 Å². The van der Waals surface area contributed by atoms with Gasteiger partial charge in [0, 0.05) is 10.0 Å². The number of fused-ring (bicyclic) bond motifs is 1. The van der Waals surface area contributed by atoms with Crippen LogP contribution in [0.5, 0.6) is 0 Å². The highest BCUT2D eigenvalue weighted by molar-refractivity contribution is 9.10. The number of halogens is 1. The Labute approximate surface area is 153 Å². The molecule has 1 heterocycles. The Balaban J connectivity index is 1.64. The second-order valence-electron chi connectivity index (χ2n) is 6.30. The average molecular weight is 404 g/mol. The number of aryl methyl sites for hydroxylation is 1. The third kappa shape index (κ3) is 4.37. The van der Waals surface area contributed by atoms with E-state index in [1.165, 1.54) is 11.1 Å². The van der Waals surface area contributed by atoms with E-state index < -0.39 is 0 Å². The summed E-state index contributed by atoms with van der Waals surface area (Å²) in [6.07, 6.45) is 0. The van der Waals surface area contributed by atoms with Crippen molar-refractivity contribution in [3.63, 3.8) is 0 Å². The van der Waals surface area contributed by atoms with E-state index in [9.17, 15) is 9.59 Å². The normalized spacial score (nSPS) is 12.3. The van der Waals surface area contributed by atoms with Crippen molar-refractivity contribution in [2.75, 3.05) is 18.9 Å². The molecule has 0 saturated carbocycles. The summed E-state index contributed by atoms with van der Waals surface area (Å²) in [5.41, 5.74) is 4.13. The molecular formula is C18H20BrN4O2+. The third-order valence-corrected chi connectivity index (χ3v) is 4.62. The zero-order valence-electron chi connectivity index (χ0n) is 14.1. The molecule has 7 heteroatoms. The minimum Gasteiger partial charge on any atom is -0.326 e. The Morgan fingerprint density at radius 3 is 2.48 bits per heavy atom. The molecular weight excluding hydrogens is 384 g/mol. The lowest BCUT2D eigenvalue weighted by Gasteiger charge is -2.14.